The van der Waals surface area contributed by atoms with Crippen LogP contribution in [0.2, 0.25) is 0 Å². The van der Waals surface area contributed by atoms with Gasteiger partial charge in [0.05, 0.1) is 22.3 Å². The minimum atomic E-state index is -4.52. The monoisotopic (exact) mass is 677 g/mol. The second-order valence-corrected chi connectivity index (χ2v) is 13.6. The van der Waals surface area contributed by atoms with Crippen LogP contribution in [-0.4, -0.2) is 88.1 Å². The van der Waals surface area contributed by atoms with Crippen LogP contribution in [0.3, 0.4) is 0 Å². The Balaban J connectivity index is 1.42. The average Bonchev–Trinajstić information content (AvgIpc) is 3.39. The first-order valence-corrected chi connectivity index (χ1v) is 15.7. The van der Waals surface area contributed by atoms with Crippen molar-refractivity contribution in [2.24, 2.45) is 0 Å². The molecular weight excluding hydrogens is 639 g/mol. The third-order valence-electron chi connectivity index (χ3n) is 7.63. The van der Waals surface area contributed by atoms with Gasteiger partial charge in [-0.2, -0.15) is 13.2 Å². The molecule has 11 nitrogen and oxygen atoms in total. The number of rotatable bonds is 8. The van der Waals surface area contributed by atoms with Crippen LogP contribution in [0.15, 0.2) is 48.5 Å². The van der Waals surface area contributed by atoms with Crippen molar-refractivity contribution in [1.29, 1.82) is 0 Å². The lowest BCUT2D eigenvalue weighted by Gasteiger charge is -2.46. The fourth-order valence-corrected chi connectivity index (χ4v) is 5.83. The molecular formula is C32H38F3N5O6S. The fraction of sp³-hybridized carbons (Fsp3) is 0.469. The van der Waals surface area contributed by atoms with Gasteiger partial charge in [0, 0.05) is 25.7 Å². The number of nitrogens with one attached hydrogen (secondary N) is 1. The van der Waals surface area contributed by atoms with Crippen LogP contribution in [0.5, 0.6) is 0 Å². The Morgan fingerprint density at radius 2 is 1.68 bits per heavy atom. The molecule has 0 spiro atoms. The third-order valence-corrected chi connectivity index (χ3v) is 8.57. The molecule has 0 saturated carbocycles. The fourth-order valence-electron chi connectivity index (χ4n) is 4.91. The number of likely N-dealkylation sites (N-methyl/N-ethyl adjacent to an activating group) is 1. The van der Waals surface area contributed by atoms with Gasteiger partial charge in [-0.1, -0.05) is 41.7 Å². The van der Waals surface area contributed by atoms with Crippen molar-refractivity contribution in [3.8, 4) is 0 Å². The van der Waals surface area contributed by atoms with E-state index >= 15 is 0 Å². The summed E-state index contributed by atoms with van der Waals surface area (Å²) < 4.78 is 50.6. The van der Waals surface area contributed by atoms with E-state index in [1.54, 1.807) is 37.8 Å². The molecule has 254 valence electrons. The number of anilines is 1. The summed E-state index contributed by atoms with van der Waals surface area (Å²) in [6.07, 6.45) is -5.01. The minimum absolute atomic E-state index is 0.0185. The lowest BCUT2D eigenvalue weighted by Crippen LogP contribution is -2.59. The molecule has 1 aromatic heterocycles. The topological polar surface area (TPSA) is 121 Å². The van der Waals surface area contributed by atoms with Gasteiger partial charge in [0.1, 0.15) is 18.8 Å². The highest BCUT2D eigenvalue weighted by Gasteiger charge is 2.42. The number of aromatic nitrogens is 1. The summed E-state index contributed by atoms with van der Waals surface area (Å²) in [4.78, 5) is 60.5. The maximum absolute atomic E-state index is 13.5. The van der Waals surface area contributed by atoms with Crippen molar-refractivity contribution in [2.75, 3.05) is 38.5 Å². The highest BCUT2D eigenvalue weighted by atomic mass is 32.1. The first-order chi connectivity index (χ1) is 21.9. The lowest BCUT2D eigenvalue weighted by molar-refractivity contribution is -0.137. The van der Waals surface area contributed by atoms with Crippen LogP contribution in [0, 0.1) is 0 Å². The van der Waals surface area contributed by atoms with Gasteiger partial charge in [0.15, 0.2) is 5.13 Å². The maximum atomic E-state index is 13.5. The number of hydrogen-bond acceptors (Lipinski definition) is 8. The first-order valence-electron chi connectivity index (χ1n) is 14.9. The Labute approximate surface area is 274 Å². The van der Waals surface area contributed by atoms with E-state index in [1.807, 2.05) is 25.1 Å². The minimum Gasteiger partial charge on any atom is -0.445 e. The van der Waals surface area contributed by atoms with Gasteiger partial charge in [-0.05, 0) is 64.3 Å². The van der Waals surface area contributed by atoms with Crippen LogP contribution in [0.4, 0.5) is 27.9 Å². The summed E-state index contributed by atoms with van der Waals surface area (Å²) in [6.45, 7) is 6.89. The number of benzene rings is 2. The number of thiazole rings is 1. The van der Waals surface area contributed by atoms with Crippen molar-refractivity contribution < 1.29 is 41.8 Å². The number of likely N-dealkylation sites (tertiary alicyclic amines) is 1. The highest BCUT2D eigenvalue weighted by Crippen LogP contribution is 2.34. The van der Waals surface area contributed by atoms with Gasteiger partial charge in [-0.15, -0.1) is 0 Å². The molecule has 0 radical (unpaired) electrons. The van der Waals surface area contributed by atoms with Gasteiger partial charge in [0.25, 0.3) is 0 Å². The number of piperidine rings is 1. The molecule has 4 amide bonds. The Bertz CT molecular complexity index is 1600. The Morgan fingerprint density at radius 1 is 1.02 bits per heavy atom. The van der Waals surface area contributed by atoms with Gasteiger partial charge < -0.3 is 24.6 Å². The number of carbonyl (C=O) groups excluding carboxylic acids is 4. The van der Waals surface area contributed by atoms with E-state index in [4.69, 9.17) is 9.47 Å². The number of fused-ring (bicyclic) bond motifs is 1. The molecule has 1 aliphatic rings. The predicted octanol–water partition coefficient (Wildman–Crippen LogP) is 6.14. The molecule has 1 saturated heterocycles. The smallest absolute Gasteiger partial charge is 0.416 e. The molecule has 47 heavy (non-hydrogen) atoms. The largest absolute Gasteiger partial charge is 0.445 e. The standard InChI is InChI=1S/C32H38F3N5O6S/c1-30(2,3)46-28(43)39-15-13-31(4,14-16-39)40(29(44)45-20-21-9-7-6-8-10-21)19-26(42)38(5)18-25(41)37-27-36-23-12-11-22(32(33,34)35)17-24(23)47-27/h6-12,17H,13-16,18-20H2,1-5H3,(H,36,37,41). The molecule has 1 aliphatic heterocycles. The molecule has 0 unspecified atom stereocenters. The van der Waals surface area contributed by atoms with Crippen LogP contribution in [-0.2, 0) is 31.8 Å². The Hall–Kier alpha value is -4.40. The van der Waals surface area contributed by atoms with Crippen LogP contribution >= 0.6 is 11.3 Å². The Morgan fingerprint density at radius 3 is 2.30 bits per heavy atom. The van der Waals surface area contributed by atoms with Crippen LogP contribution < -0.4 is 5.32 Å². The zero-order valence-corrected chi connectivity index (χ0v) is 27.7. The van der Waals surface area contributed by atoms with E-state index in [0.29, 0.717) is 18.4 Å². The summed E-state index contributed by atoms with van der Waals surface area (Å²) in [7, 11) is 1.40. The molecule has 0 atom stereocenters. The number of ether oxygens (including phenoxy) is 2. The van der Waals surface area contributed by atoms with Gasteiger partial charge in [-0.3, -0.25) is 14.5 Å². The number of nitrogens with zero attached hydrogens (tertiary/aromatic N) is 4. The lowest BCUT2D eigenvalue weighted by atomic mass is 9.88. The molecule has 0 bridgehead atoms. The van der Waals surface area contributed by atoms with Crippen LogP contribution in [0.1, 0.15) is 51.7 Å². The van der Waals surface area contributed by atoms with E-state index in [9.17, 15) is 32.3 Å². The molecule has 1 fully saturated rings. The molecule has 15 heteroatoms. The summed E-state index contributed by atoms with van der Waals surface area (Å²) in [5, 5.41) is 2.61. The van der Waals surface area contributed by atoms with Crippen LogP contribution in [0.25, 0.3) is 10.2 Å². The number of amides is 4. The van der Waals surface area contributed by atoms with Gasteiger partial charge >= 0.3 is 18.4 Å². The number of halogens is 3. The number of hydrogen-bond donors (Lipinski definition) is 1. The van der Waals surface area contributed by atoms with Crippen molar-refractivity contribution in [3.05, 3.63) is 59.7 Å². The molecule has 1 N–H and O–H groups in total. The number of carbonyl (C=O) groups is 4. The first kappa shape index (κ1) is 35.5. The summed E-state index contributed by atoms with van der Waals surface area (Å²) in [5.41, 5.74) is -1.30. The highest BCUT2D eigenvalue weighted by molar-refractivity contribution is 7.22. The third kappa shape index (κ3) is 9.56. The normalized spacial score (nSPS) is 14.8. The van der Waals surface area contributed by atoms with E-state index in [1.165, 1.54) is 18.0 Å². The zero-order valence-electron chi connectivity index (χ0n) is 26.8. The van der Waals surface area contributed by atoms with Crippen molar-refractivity contribution in [2.45, 2.75) is 64.5 Å². The second-order valence-electron chi connectivity index (χ2n) is 12.6. The zero-order chi connectivity index (χ0) is 34.6. The maximum Gasteiger partial charge on any atom is 0.416 e. The molecule has 0 aliphatic carbocycles. The van der Waals surface area contributed by atoms with Crippen molar-refractivity contribution >= 4 is 50.7 Å². The van der Waals surface area contributed by atoms with E-state index in [0.717, 1.165) is 33.9 Å². The molecule has 3 aromatic rings. The number of alkyl halides is 3. The van der Waals surface area contributed by atoms with Gasteiger partial charge in [0.2, 0.25) is 11.8 Å². The quantitative estimate of drug-likeness (QED) is 0.304. The van der Waals surface area contributed by atoms with Crippen molar-refractivity contribution in [3.63, 3.8) is 0 Å². The van der Waals surface area contributed by atoms with Gasteiger partial charge in [-0.25, -0.2) is 14.6 Å². The SMILES string of the molecule is CN(CC(=O)Nc1nc2ccc(C(F)(F)F)cc2s1)C(=O)CN(C(=O)OCc1ccccc1)C1(C)CCN(C(=O)OC(C)(C)C)CC1. The van der Waals surface area contributed by atoms with E-state index < -0.39 is 60.0 Å². The summed E-state index contributed by atoms with van der Waals surface area (Å²) >= 11 is 0.880. The molecule has 2 heterocycles. The second kappa shape index (κ2) is 14.2. The summed E-state index contributed by atoms with van der Waals surface area (Å²) in [5.74, 6) is -1.17. The van der Waals surface area contributed by atoms with E-state index in [-0.39, 0.29) is 29.5 Å². The molecule has 4 rings (SSSR count). The van der Waals surface area contributed by atoms with Crippen molar-refractivity contribution in [1.82, 2.24) is 19.7 Å². The summed E-state index contributed by atoms with van der Waals surface area (Å²) in [6, 6.07) is 12.2. The predicted molar refractivity (Wildman–Crippen MR) is 170 cm³/mol. The van der Waals surface area contributed by atoms with E-state index in [2.05, 4.69) is 10.3 Å². The molecule has 2 aromatic carbocycles. The Kier molecular flexibility index (Phi) is 10.7. The average molecular weight is 678 g/mol.